The monoisotopic (exact) mass is 312 g/mol. The van der Waals surface area contributed by atoms with Gasteiger partial charge in [0.15, 0.2) is 0 Å². The zero-order chi connectivity index (χ0) is 15.5. The number of amides is 1. The molecule has 1 N–H and O–H groups in total. The number of hydrogen-bond acceptors (Lipinski definition) is 2. The van der Waals surface area contributed by atoms with Crippen LogP contribution in [0.1, 0.15) is 36.2 Å². The summed E-state index contributed by atoms with van der Waals surface area (Å²) in [6.45, 7) is 2.04. The van der Waals surface area contributed by atoms with Crippen LogP contribution in [0.5, 0.6) is 0 Å². The lowest BCUT2D eigenvalue weighted by molar-refractivity contribution is -0.131. The summed E-state index contributed by atoms with van der Waals surface area (Å²) in [5, 5.41) is 3.24. The molecule has 0 radical (unpaired) electrons. The summed E-state index contributed by atoms with van der Waals surface area (Å²) < 4.78 is 0. The van der Waals surface area contributed by atoms with Crippen molar-refractivity contribution in [2.75, 3.05) is 7.05 Å². The van der Waals surface area contributed by atoms with Crippen molar-refractivity contribution < 1.29 is 4.79 Å². The van der Waals surface area contributed by atoms with Crippen LogP contribution >= 0.6 is 11.3 Å². The SMILES string of the molecule is CCCC(=O)N(C)[C@H](c1cccs1)c1c[nH]c2ccccc12. The molecule has 2 heterocycles. The second kappa shape index (κ2) is 6.36. The van der Waals surface area contributed by atoms with Gasteiger partial charge in [-0.25, -0.2) is 0 Å². The Morgan fingerprint density at radius 1 is 1.27 bits per heavy atom. The number of para-hydroxylation sites is 1. The van der Waals surface area contributed by atoms with Crippen molar-refractivity contribution in [1.82, 2.24) is 9.88 Å². The third-order valence-electron chi connectivity index (χ3n) is 3.97. The van der Waals surface area contributed by atoms with Gasteiger partial charge >= 0.3 is 0 Å². The van der Waals surface area contributed by atoms with Crippen LogP contribution in [0.4, 0.5) is 0 Å². The maximum Gasteiger partial charge on any atom is 0.223 e. The highest BCUT2D eigenvalue weighted by Gasteiger charge is 2.26. The normalized spacial score (nSPS) is 12.5. The maximum absolute atomic E-state index is 12.4. The molecule has 4 heteroatoms. The number of thiophene rings is 1. The van der Waals surface area contributed by atoms with Crippen molar-refractivity contribution in [2.45, 2.75) is 25.8 Å². The Balaban J connectivity index is 2.08. The van der Waals surface area contributed by atoms with Crippen molar-refractivity contribution >= 4 is 28.1 Å². The first-order valence-corrected chi connectivity index (χ1v) is 8.45. The van der Waals surface area contributed by atoms with Crippen LogP contribution in [0.3, 0.4) is 0 Å². The summed E-state index contributed by atoms with van der Waals surface area (Å²) in [6.07, 6.45) is 3.49. The third kappa shape index (κ3) is 2.66. The van der Waals surface area contributed by atoms with Gasteiger partial charge < -0.3 is 9.88 Å². The fourth-order valence-corrected chi connectivity index (χ4v) is 3.74. The van der Waals surface area contributed by atoms with E-state index >= 15 is 0 Å². The summed E-state index contributed by atoms with van der Waals surface area (Å²) in [6, 6.07) is 12.4. The quantitative estimate of drug-likeness (QED) is 0.735. The Morgan fingerprint density at radius 3 is 2.82 bits per heavy atom. The van der Waals surface area contributed by atoms with Crippen LogP contribution in [0.2, 0.25) is 0 Å². The number of aromatic amines is 1. The van der Waals surface area contributed by atoms with Gasteiger partial charge in [-0.3, -0.25) is 4.79 Å². The molecular formula is C18H20N2OS. The number of carbonyl (C=O) groups is 1. The topological polar surface area (TPSA) is 36.1 Å². The molecule has 1 aromatic carbocycles. The zero-order valence-corrected chi connectivity index (χ0v) is 13.7. The lowest BCUT2D eigenvalue weighted by Gasteiger charge is -2.27. The first kappa shape index (κ1) is 14.9. The predicted octanol–water partition coefficient (Wildman–Crippen LogP) is 4.58. The van der Waals surface area contributed by atoms with E-state index in [0.29, 0.717) is 6.42 Å². The van der Waals surface area contributed by atoms with Gasteiger partial charge in [-0.15, -0.1) is 11.3 Å². The van der Waals surface area contributed by atoms with Gasteiger partial charge in [0.1, 0.15) is 0 Å². The highest BCUT2D eigenvalue weighted by Crippen LogP contribution is 2.35. The lowest BCUT2D eigenvalue weighted by Crippen LogP contribution is -2.31. The fourth-order valence-electron chi connectivity index (χ4n) is 2.85. The van der Waals surface area contributed by atoms with Crippen LogP contribution in [0, 0.1) is 0 Å². The number of rotatable bonds is 5. The molecule has 22 heavy (non-hydrogen) atoms. The first-order valence-electron chi connectivity index (χ1n) is 7.57. The van der Waals surface area contributed by atoms with Gasteiger partial charge in [0.2, 0.25) is 5.91 Å². The molecule has 0 saturated carbocycles. The minimum absolute atomic E-state index is 0.0322. The van der Waals surface area contributed by atoms with E-state index < -0.39 is 0 Å². The third-order valence-corrected chi connectivity index (χ3v) is 4.90. The predicted molar refractivity (Wildman–Crippen MR) is 92.1 cm³/mol. The molecule has 3 aromatic rings. The van der Waals surface area contributed by atoms with Crippen LogP contribution < -0.4 is 0 Å². The summed E-state index contributed by atoms with van der Waals surface area (Å²) in [4.78, 5) is 18.8. The average molecular weight is 312 g/mol. The van der Waals surface area contributed by atoms with Crippen LogP contribution in [0.15, 0.2) is 48.0 Å². The standard InChI is InChI=1S/C18H20N2OS/c1-3-7-17(21)20(2)18(16-10-6-11-22-16)14-12-19-15-9-5-4-8-13(14)15/h4-6,8-12,18-19H,3,7H2,1-2H3/t18-/m0/s1. The van der Waals surface area contributed by atoms with Gasteiger partial charge in [-0.2, -0.15) is 0 Å². The van der Waals surface area contributed by atoms with Crippen molar-refractivity contribution in [3.8, 4) is 0 Å². The fraction of sp³-hybridized carbons (Fsp3) is 0.278. The van der Waals surface area contributed by atoms with Gasteiger partial charge in [-0.1, -0.05) is 31.2 Å². The molecular weight excluding hydrogens is 292 g/mol. The Hall–Kier alpha value is -2.07. The number of aromatic nitrogens is 1. The van der Waals surface area contributed by atoms with Crippen LogP contribution in [0.25, 0.3) is 10.9 Å². The Labute approximate surface area is 134 Å². The number of nitrogens with zero attached hydrogens (tertiary/aromatic N) is 1. The van der Waals surface area contributed by atoms with Crippen LogP contribution in [-0.2, 0) is 4.79 Å². The molecule has 0 aliphatic carbocycles. The van der Waals surface area contributed by atoms with Crippen molar-refractivity contribution in [2.24, 2.45) is 0 Å². The van der Waals surface area contributed by atoms with E-state index in [1.807, 2.05) is 43.3 Å². The second-order valence-corrected chi connectivity index (χ2v) is 6.44. The van der Waals surface area contributed by atoms with E-state index in [9.17, 15) is 4.79 Å². The van der Waals surface area contributed by atoms with E-state index in [1.165, 1.54) is 10.3 Å². The van der Waals surface area contributed by atoms with E-state index in [1.54, 1.807) is 11.3 Å². The summed E-state index contributed by atoms with van der Waals surface area (Å²) in [5.74, 6) is 0.186. The minimum atomic E-state index is -0.0322. The van der Waals surface area contributed by atoms with Crippen LogP contribution in [-0.4, -0.2) is 22.8 Å². The average Bonchev–Trinajstić information content (AvgIpc) is 3.18. The van der Waals surface area contributed by atoms with Crippen molar-refractivity contribution in [3.63, 3.8) is 0 Å². The molecule has 0 spiro atoms. The summed E-state index contributed by atoms with van der Waals surface area (Å²) in [5.41, 5.74) is 2.26. The summed E-state index contributed by atoms with van der Waals surface area (Å²) in [7, 11) is 1.91. The van der Waals surface area contributed by atoms with E-state index in [2.05, 4.69) is 28.6 Å². The molecule has 0 unspecified atom stereocenters. The van der Waals surface area contributed by atoms with Gasteiger partial charge in [-0.05, 0) is 23.9 Å². The largest absolute Gasteiger partial charge is 0.361 e. The molecule has 114 valence electrons. The smallest absolute Gasteiger partial charge is 0.223 e. The molecule has 0 saturated heterocycles. The molecule has 1 atom stereocenters. The number of H-pyrrole nitrogens is 1. The molecule has 1 amide bonds. The van der Waals surface area contributed by atoms with E-state index in [4.69, 9.17) is 0 Å². The molecule has 0 aliphatic rings. The number of fused-ring (bicyclic) bond motifs is 1. The minimum Gasteiger partial charge on any atom is -0.361 e. The van der Waals surface area contributed by atoms with Crippen molar-refractivity contribution in [3.05, 3.63) is 58.4 Å². The Morgan fingerprint density at radius 2 is 2.09 bits per heavy atom. The Bertz CT molecular complexity index is 760. The van der Waals surface area contributed by atoms with E-state index in [-0.39, 0.29) is 11.9 Å². The molecule has 0 aliphatic heterocycles. The molecule has 3 nitrogen and oxygen atoms in total. The van der Waals surface area contributed by atoms with Gasteiger partial charge in [0.25, 0.3) is 0 Å². The molecule has 0 bridgehead atoms. The highest BCUT2D eigenvalue weighted by atomic mass is 32.1. The van der Waals surface area contributed by atoms with E-state index in [0.717, 1.165) is 17.5 Å². The molecule has 0 fully saturated rings. The summed E-state index contributed by atoms with van der Waals surface area (Å²) >= 11 is 1.69. The lowest BCUT2D eigenvalue weighted by atomic mass is 10.0. The zero-order valence-electron chi connectivity index (χ0n) is 12.9. The molecule has 3 rings (SSSR count). The van der Waals surface area contributed by atoms with Crippen molar-refractivity contribution in [1.29, 1.82) is 0 Å². The molecule has 2 aromatic heterocycles. The first-order chi connectivity index (χ1) is 10.7. The highest BCUT2D eigenvalue weighted by molar-refractivity contribution is 7.10. The van der Waals surface area contributed by atoms with Gasteiger partial charge in [0.05, 0.1) is 6.04 Å². The number of hydrogen-bond donors (Lipinski definition) is 1. The Kier molecular flexibility index (Phi) is 4.29. The maximum atomic E-state index is 12.4. The number of carbonyl (C=O) groups excluding carboxylic acids is 1. The second-order valence-electron chi connectivity index (χ2n) is 5.46. The number of nitrogens with one attached hydrogen (secondary N) is 1. The number of benzene rings is 1. The van der Waals surface area contributed by atoms with Gasteiger partial charge in [0, 0.05) is 41.0 Å².